The summed E-state index contributed by atoms with van der Waals surface area (Å²) >= 11 is 0. The van der Waals surface area contributed by atoms with Gasteiger partial charge in [0.15, 0.2) is 0 Å². The number of carbonyl (C=O) groups is 2. The molecule has 1 aliphatic heterocycles. The average molecular weight is 276 g/mol. The Morgan fingerprint density at radius 3 is 2.55 bits per heavy atom. The minimum absolute atomic E-state index is 0.00628. The molecule has 1 aliphatic rings. The van der Waals surface area contributed by atoms with Crippen LogP contribution in [0.2, 0.25) is 0 Å². The Hall–Kier alpha value is -2.04. The van der Waals surface area contributed by atoms with Crippen molar-refractivity contribution in [1.29, 1.82) is 0 Å². The molecule has 0 N–H and O–H groups in total. The maximum atomic E-state index is 12.4. The van der Waals surface area contributed by atoms with Gasteiger partial charge in [0.1, 0.15) is 11.8 Å². The predicted molar refractivity (Wildman–Crippen MR) is 75.7 cm³/mol. The minimum Gasteiger partial charge on any atom is -0.494 e. The minimum atomic E-state index is -0.348. The van der Waals surface area contributed by atoms with Crippen LogP contribution in [0.25, 0.3) is 0 Å². The van der Waals surface area contributed by atoms with Gasteiger partial charge in [0.2, 0.25) is 5.91 Å². The summed E-state index contributed by atoms with van der Waals surface area (Å²) in [7, 11) is 3.44. The molecule has 108 valence electrons. The highest BCUT2D eigenvalue weighted by Crippen LogP contribution is 2.18. The largest absolute Gasteiger partial charge is 0.494 e. The molecule has 0 bridgehead atoms. The van der Waals surface area contributed by atoms with Gasteiger partial charge in [-0.15, -0.1) is 0 Å². The fourth-order valence-electron chi connectivity index (χ4n) is 2.37. The molecule has 1 atom stereocenters. The van der Waals surface area contributed by atoms with Gasteiger partial charge >= 0.3 is 0 Å². The van der Waals surface area contributed by atoms with Crippen LogP contribution in [0.15, 0.2) is 24.3 Å². The fourth-order valence-corrected chi connectivity index (χ4v) is 2.37. The van der Waals surface area contributed by atoms with Crippen LogP contribution >= 0.6 is 0 Å². The van der Waals surface area contributed by atoms with E-state index in [1.165, 1.54) is 4.90 Å². The SMILES string of the molecule is CCOc1ccc(C(=O)N(C)[C@@H]2CCN(C)C2=O)cc1. The number of benzene rings is 1. The first kappa shape index (κ1) is 14.4. The molecule has 1 aromatic carbocycles. The van der Waals surface area contributed by atoms with E-state index in [4.69, 9.17) is 4.74 Å². The Kier molecular flexibility index (Phi) is 4.27. The molecule has 1 aromatic rings. The summed E-state index contributed by atoms with van der Waals surface area (Å²) in [5.41, 5.74) is 0.568. The second kappa shape index (κ2) is 5.94. The zero-order valence-corrected chi connectivity index (χ0v) is 12.1. The molecule has 1 heterocycles. The van der Waals surface area contributed by atoms with Gasteiger partial charge in [-0.3, -0.25) is 9.59 Å². The Morgan fingerprint density at radius 2 is 2.05 bits per heavy atom. The molecule has 2 amide bonds. The van der Waals surface area contributed by atoms with E-state index in [0.717, 1.165) is 5.75 Å². The Bertz CT molecular complexity index is 498. The van der Waals surface area contributed by atoms with E-state index in [2.05, 4.69) is 0 Å². The Morgan fingerprint density at radius 1 is 1.40 bits per heavy atom. The van der Waals surface area contributed by atoms with Crippen LogP contribution in [0.3, 0.4) is 0 Å². The van der Waals surface area contributed by atoms with Gasteiger partial charge in [0, 0.05) is 26.2 Å². The third-order valence-corrected chi connectivity index (χ3v) is 3.60. The van der Waals surface area contributed by atoms with Gasteiger partial charge in [-0.2, -0.15) is 0 Å². The maximum absolute atomic E-state index is 12.4. The second-order valence-electron chi connectivity index (χ2n) is 4.94. The van der Waals surface area contributed by atoms with Crippen molar-refractivity contribution < 1.29 is 14.3 Å². The van der Waals surface area contributed by atoms with E-state index in [1.807, 2.05) is 6.92 Å². The van der Waals surface area contributed by atoms with Gasteiger partial charge in [-0.1, -0.05) is 0 Å². The standard InChI is InChI=1S/C15H20N2O3/c1-4-20-12-7-5-11(6-8-12)14(18)17(3)13-9-10-16(2)15(13)19/h5-8,13H,4,9-10H2,1-3H3/t13-/m1/s1. The van der Waals surface area contributed by atoms with Crippen molar-refractivity contribution in [3.63, 3.8) is 0 Å². The molecule has 0 aliphatic carbocycles. The summed E-state index contributed by atoms with van der Waals surface area (Å²) in [5, 5.41) is 0. The number of hydrogen-bond acceptors (Lipinski definition) is 3. The third-order valence-electron chi connectivity index (χ3n) is 3.60. The first-order valence-corrected chi connectivity index (χ1v) is 6.79. The van der Waals surface area contributed by atoms with Crippen LogP contribution in [-0.2, 0) is 4.79 Å². The molecular formula is C15H20N2O3. The Balaban J connectivity index is 2.08. The zero-order valence-electron chi connectivity index (χ0n) is 12.1. The predicted octanol–water partition coefficient (Wildman–Crippen LogP) is 1.39. The molecule has 0 spiro atoms. The summed E-state index contributed by atoms with van der Waals surface area (Å²) in [6, 6.07) is 6.65. The number of nitrogens with zero attached hydrogens (tertiary/aromatic N) is 2. The van der Waals surface area contributed by atoms with Crippen molar-refractivity contribution in [2.24, 2.45) is 0 Å². The van der Waals surface area contributed by atoms with Crippen molar-refractivity contribution in [3.05, 3.63) is 29.8 Å². The first-order chi connectivity index (χ1) is 9.54. The number of amides is 2. The number of likely N-dealkylation sites (N-methyl/N-ethyl adjacent to an activating group) is 2. The normalized spacial score (nSPS) is 18.2. The topological polar surface area (TPSA) is 49.9 Å². The highest BCUT2D eigenvalue weighted by atomic mass is 16.5. The van der Waals surface area contributed by atoms with Gasteiger partial charge in [-0.25, -0.2) is 0 Å². The summed E-state index contributed by atoms with van der Waals surface area (Å²) in [6.07, 6.45) is 0.689. The van der Waals surface area contributed by atoms with E-state index >= 15 is 0 Å². The second-order valence-corrected chi connectivity index (χ2v) is 4.94. The third kappa shape index (κ3) is 2.76. The number of carbonyl (C=O) groups excluding carboxylic acids is 2. The molecule has 1 saturated heterocycles. The van der Waals surface area contributed by atoms with E-state index in [1.54, 1.807) is 43.3 Å². The molecule has 1 fully saturated rings. The molecule has 0 unspecified atom stereocenters. The zero-order chi connectivity index (χ0) is 14.7. The molecule has 5 heteroatoms. The summed E-state index contributed by atoms with van der Waals surface area (Å²) in [4.78, 5) is 27.5. The van der Waals surface area contributed by atoms with Crippen molar-refractivity contribution in [3.8, 4) is 5.75 Å². The van der Waals surface area contributed by atoms with Crippen molar-refractivity contribution >= 4 is 11.8 Å². The molecule has 5 nitrogen and oxygen atoms in total. The first-order valence-electron chi connectivity index (χ1n) is 6.79. The van der Waals surface area contributed by atoms with Crippen LogP contribution in [0.1, 0.15) is 23.7 Å². The van der Waals surface area contributed by atoms with Crippen LogP contribution in [0, 0.1) is 0 Å². The number of rotatable bonds is 4. The molecular weight excluding hydrogens is 256 g/mol. The molecule has 0 radical (unpaired) electrons. The van der Waals surface area contributed by atoms with E-state index in [9.17, 15) is 9.59 Å². The maximum Gasteiger partial charge on any atom is 0.254 e. The number of ether oxygens (including phenoxy) is 1. The van der Waals surface area contributed by atoms with E-state index in [0.29, 0.717) is 25.1 Å². The quantitative estimate of drug-likeness (QED) is 0.835. The monoisotopic (exact) mass is 276 g/mol. The lowest BCUT2D eigenvalue weighted by Gasteiger charge is -2.23. The van der Waals surface area contributed by atoms with Gasteiger partial charge in [-0.05, 0) is 37.6 Å². The fraction of sp³-hybridized carbons (Fsp3) is 0.467. The summed E-state index contributed by atoms with van der Waals surface area (Å²) in [5.74, 6) is 0.608. The van der Waals surface area contributed by atoms with Gasteiger partial charge in [0.05, 0.1) is 6.61 Å². The summed E-state index contributed by atoms with van der Waals surface area (Å²) < 4.78 is 5.35. The lowest BCUT2D eigenvalue weighted by molar-refractivity contribution is -0.130. The average Bonchev–Trinajstić information content (AvgIpc) is 2.79. The molecule has 20 heavy (non-hydrogen) atoms. The van der Waals surface area contributed by atoms with Crippen molar-refractivity contribution in [1.82, 2.24) is 9.80 Å². The van der Waals surface area contributed by atoms with Gasteiger partial charge in [0.25, 0.3) is 5.91 Å². The highest BCUT2D eigenvalue weighted by Gasteiger charge is 2.34. The molecule has 0 saturated carbocycles. The summed E-state index contributed by atoms with van der Waals surface area (Å²) in [6.45, 7) is 3.20. The van der Waals surface area contributed by atoms with E-state index < -0.39 is 0 Å². The lowest BCUT2D eigenvalue weighted by Crippen LogP contribution is -2.42. The van der Waals surface area contributed by atoms with Crippen molar-refractivity contribution in [2.75, 3.05) is 27.2 Å². The number of likely N-dealkylation sites (tertiary alicyclic amines) is 1. The molecule has 2 rings (SSSR count). The van der Waals surface area contributed by atoms with Crippen LogP contribution in [-0.4, -0.2) is 54.9 Å². The smallest absolute Gasteiger partial charge is 0.254 e. The van der Waals surface area contributed by atoms with E-state index in [-0.39, 0.29) is 17.9 Å². The van der Waals surface area contributed by atoms with Gasteiger partial charge < -0.3 is 14.5 Å². The van der Waals surface area contributed by atoms with Crippen LogP contribution in [0.4, 0.5) is 0 Å². The number of hydrogen-bond donors (Lipinski definition) is 0. The lowest BCUT2D eigenvalue weighted by atomic mass is 10.1. The van der Waals surface area contributed by atoms with Crippen molar-refractivity contribution in [2.45, 2.75) is 19.4 Å². The molecule has 0 aromatic heterocycles. The van der Waals surface area contributed by atoms with Crippen LogP contribution in [0.5, 0.6) is 5.75 Å². The highest BCUT2D eigenvalue weighted by molar-refractivity contribution is 5.97. The Labute approximate surface area is 119 Å². The van der Waals surface area contributed by atoms with Crippen LogP contribution < -0.4 is 4.74 Å².